The standard InChI is InChI=1S/C17H15N5/c1-10-15(12-4-3-6-20-17(12)22(10)2)13-9-21-16(18)14-8-19-7-5-11(13)14/h3-9H,1-2H3,(H2,18,21). The van der Waals surface area contributed by atoms with Crippen molar-refractivity contribution in [2.75, 3.05) is 5.73 Å². The van der Waals surface area contributed by atoms with Crippen LogP contribution in [0.15, 0.2) is 43.0 Å². The average molecular weight is 289 g/mol. The van der Waals surface area contributed by atoms with E-state index in [-0.39, 0.29) is 0 Å². The zero-order valence-electron chi connectivity index (χ0n) is 12.4. The number of nitrogens with zero attached hydrogens (tertiary/aromatic N) is 4. The summed E-state index contributed by atoms with van der Waals surface area (Å²) in [7, 11) is 2.03. The van der Waals surface area contributed by atoms with Gasteiger partial charge in [0.05, 0.1) is 0 Å². The van der Waals surface area contributed by atoms with Gasteiger partial charge < -0.3 is 10.3 Å². The van der Waals surface area contributed by atoms with Crippen molar-refractivity contribution in [2.24, 2.45) is 7.05 Å². The van der Waals surface area contributed by atoms with Crippen LogP contribution in [0.4, 0.5) is 5.82 Å². The molecule has 0 saturated heterocycles. The summed E-state index contributed by atoms with van der Waals surface area (Å²) >= 11 is 0. The zero-order valence-corrected chi connectivity index (χ0v) is 12.4. The van der Waals surface area contributed by atoms with Gasteiger partial charge in [-0.15, -0.1) is 0 Å². The lowest BCUT2D eigenvalue weighted by Gasteiger charge is -2.08. The van der Waals surface area contributed by atoms with Crippen LogP contribution in [0.1, 0.15) is 5.69 Å². The summed E-state index contributed by atoms with van der Waals surface area (Å²) in [5.41, 5.74) is 10.3. The number of rotatable bonds is 1. The third-order valence-electron chi connectivity index (χ3n) is 4.23. The molecule has 0 spiro atoms. The molecule has 0 fully saturated rings. The highest BCUT2D eigenvalue weighted by molar-refractivity contribution is 6.07. The Hall–Kier alpha value is -2.95. The Morgan fingerprint density at radius 1 is 1.00 bits per heavy atom. The van der Waals surface area contributed by atoms with Crippen molar-refractivity contribution < 1.29 is 0 Å². The molecule has 0 aliphatic carbocycles. The summed E-state index contributed by atoms with van der Waals surface area (Å²) in [6.07, 6.45) is 7.20. The Balaban J connectivity index is 2.17. The van der Waals surface area contributed by atoms with E-state index in [0.717, 1.165) is 38.6 Å². The summed E-state index contributed by atoms with van der Waals surface area (Å²) in [6.45, 7) is 2.10. The van der Waals surface area contributed by atoms with Crippen LogP contribution in [0, 0.1) is 6.92 Å². The second kappa shape index (κ2) is 4.53. The fourth-order valence-electron chi connectivity index (χ4n) is 3.03. The van der Waals surface area contributed by atoms with Gasteiger partial charge >= 0.3 is 0 Å². The van der Waals surface area contributed by atoms with Crippen LogP contribution < -0.4 is 5.73 Å². The van der Waals surface area contributed by atoms with Crippen LogP contribution in [0.25, 0.3) is 32.9 Å². The lowest BCUT2D eigenvalue weighted by atomic mass is 9.99. The minimum Gasteiger partial charge on any atom is -0.383 e. The predicted molar refractivity (Wildman–Crippen MR) is 88.4 cm³/mol. The molecule has 108 valence electrons. The molecule has 0 radical (unpaired) electrons. The number of fused-ring (bicyclic) bond motifs is 2. The largest absolute Gasteiger partial charge is 0.383 e. The molecule has 0 bridgehead atoms. The Labute approximate surface area is 127 Å². The fourth-order valence-corrected chi connectivity index (χ4v) is 3.03. The summed E-state index contributed by atoms with van der Waals surface area (Å²) < 4.78 is 2.11. The van der Waals surface area contributed by atoms with E-state index < -0.39 is 0 Å². The molecular weight excluding hydrogens is 274 g/mol. The van der Waals surface area contributed by atoms with Gasteiger partial charge in [-0.2, -0.15) is 0 Å². The monoisotopic (exact) mass is 289 g/mol. The number of hydrogen-bond donors (Lipinski definition) is 1. The summed E-state index contributed by atoms with van der Waals surface area (Å²) in [6, 6.07) is 6.03. The van der Waals surface area contributed by atoms with E-state index in [0.29, 0.717) is 5.82 Å². The SMILES string of the molecule is Cc1c(-c2cnc(N)c3cnccc23)c2cccnc2n1C. The number of anilines is 1. The maximum atomic E-state index is 5.99. The van der Waals surface area contributed by atoms with Crippen LogP contribution in [0.5, 0.6) is 0 Å². The van der Waals surface area contributed by atoms with Gasteiger partial charge in [-0.1, -0.05) is 0 Å². The molecule has 22 heavy (non-hydrogen) atoms. The van der Waals surface area contributed by atoms with Gasteiger partial charge in [0.15, 0.2) is 0 Å². The Morgan fingerprint density at radius 2 is 1.86 bits per heavy atom. The van der Waals surface area contributed by atoms with E-state index in [9.17, 15) is 0 Å². The maximum Gasteiger partial charge on any atom is 0.140 e. The molecule has 4 heterocycles. The molecule has 0 aliphatic heterocycles. The Kier molecular flexibility index (Phi) is 2.63. The van der Waals surface area contributed by atoms with Crippen molar-refractivity contribution in [2.45, 2.75) is 6.92 Å². The lowest BCUT2D eigenvalue weighted by Crippen LogP contribution is -1.95. The molecule has 0 saturated carbocycles. The highest BCUT2D eigenvalue weighted by atomic mass is 15.0. The quantitative estimate of drug-likeness (QED) is 0.584. The van der Waals surface area contributed by atoms with E-state index in [1.54, 1.807) is 12.4 Å². The molecule has 0 aliphatic rings. The molecule has 5 nitrogen and oxygen atoms in total. The molecule has 5 heteroatoms. The van der Waals surface area contributed by atoms with Gasteiger partial charge in [-0.05, 0) is 30.5 Å². The van der Waals surface area contributed by atoms with Crippen molar-refractivity contribution in [3.63, 3.8) is 0 Å². The van der Waals surface area contributed by atoms with E-state index in [1.165, 1.54) is 0 Å². The normalized spacial score (nSPS) is 11.4. The molecule has 4 aromatic heterocycles. The van der Waals surface area contributed by atoms with E-state index in [2.05, 4.69) is 32.5 Å². The Bertz CT molecular complexity index is 1020. The molecule has 4 rings (SSSR count). The first-order valence-corrected chi connectivity index (χ1v) is 7.07. The van der Waals surface area contributed by atoms with Crippen LogP contribution >= 0.6 is 0 Å². The van der Waals surface area contributed by atoms with Crippen molar-refractivity contribution in [1.82, 2.24) is 19.5 Å². The van der Waals surface area contributed by atoms with Crippen molar-refractivity contribution in [3.8, 4) is 11.1 Å². The van der Waals surface area contributed by atoms with E-state index in [1.807, 2.05) is 31.6 Å². The van der Waals surface area contributed by atoms with Crippen molar-refractivity contribution in [3.05, 3.63) is 48.7 Å². The molecule has 4 aromatic rings. The minimum absolute atomic E-state index is 0.503. The number of aryl methyl sites for hydroxylation is 1. The maximum absolute atomic E-state index is 5.99. The molecule has 0 aromatic carbocycles. The average Bonchev–Trinajstić information content (AvgIpc) is 2.81. The van der Waals surface area contributed by atoms with Crippen LogP contribution in [-0.4, -0.2) is 19.5 Å². The summed E-state index contributed by atoms with van der Waals surface area (Å²) in [5, 5.41) is 3.05. The Morgan fingerprint density at radius 3 is 2.73 bits per heavy atom. The fraction of sp³-hybridized carbons (Fsp3) is 0.118. The van der Waals surface area contributed by atoms with Gasteiger partial charge in [0.1, 0.15) is 11.5 Å². The second-order valence-corrected chi connectivity index (χ2v) is 5.37. The summed E-state index contributed by atoms with van der Waals surface area (Å²) in [4.78, 5) is 13.0. The smallest absolute Gasteiger partial charge is 0.140 e. The zero-order chi connectivity index (χ0) is 15.3. The molecular formula is C17H15N5. The van der Waals surface area contributed by atoms with Gasteiger partial charge in [0.25, 0.3) is 0 Å². The first-order chi connectivity index (χ1) is 10.7. The van der Waals surface area contributed by atoms with E-state index in [4.69, 9.17) is 5.73 Å². The van der Waals surface area contributed by atoms with Gasteiger partial charge in [-0.3, -0.25) is 4.98 Å². The number of nitrogen functional groups attached to an aromatic ring is 1. The topological polar surface area (TPSA) is 69.6 Å². The molecule has 0 unspecified atom stereocenters. The molecule has 2 N–H and O–H groups in total. The predicted octanol–water partition coefficient (Wildman–Crippen LogP) is 3.07. The van der Waals surface area contributed by atoms with Crippen LogP contribution in [0.2, 0.25) is 0 Å². The first-order valence-electron chi connectivity index (χ1n) is 7.07. The number of aromatic nitrogens is 4. The van der Waals surface area contributed by atoms with Gasteiger partial charge in [0, 0.05) is 59.4 Å². The number of pyridine rings is 3. The van der Waals surface area contributed by atoms with E-state index >= 15 is 0 Å². The van der Waals surface area contributed by atoms with Crippen molar-refractivity contribution in [1.29, 1.82) is 0 Å². The number of nitrogens with two attached hydrogens (primary N) is 1. The minimum atomic E-state index is 0.503. The highest BCUT2D eigenvalue weighted by Gasteiger charge is 2.17. The lowest BCUT2D eigenvalue weighted by molar-refractivity contribution is 0.903. The van der Waals surface area contributed by atoms with Gasteiger partial charge in [-0.25, -0.2) is 9.97 Å². The highest BCUT2D eigenvalue weighted by Crippen LogP contribution is 2.37. The molecule has 0 amide bonds. The van der Waals surface area contributed by atoms with Crippen molar-refractivity contribution >= 4 is 27.6 Å². The third kappa shape index (κ3) is 1.62. The molecule has 0 atom stereocenters. The van der Waals surface area contributed by atoms with Crippen LogP contribution in [-0.2, 0) is 7.05 Å². The van der Waals surface area contributed by atoms with Crippen LogP contribution in [0.3, 0.4) is 0 Å². The summed E-state index contributed by atoms with van der Waals surface area (Å²) in [5.74, 6) is 0.503. The third-order valence-corrected chi connectivity index (χ3v) is 4.23. The number of hydrogen-bond acceptors (Lipinski definition) is 4. The first kappa shape index (κ1) is 12.8. The second-order valence-electron chi connectivity index (χ2n) is 5.37. The van der Waals surface area contributed by atoms with Gasteiger partial charge in [0.2, 0.25) is 0 Å².